The largest absolute Gasteiger partial charge is 0.433 e. The molecule has 0 bridgehead atoms. The van der Waals surface area contributed by atoms with Crippen molar-refractivity contribution in [2.24, 2.45) is 0 Å². The summed E-state index contributed by atoms with van der Waals surface area (Å²) in [5.74, 6) is 0.265. The summed E-state index contributed by atoms with van der Waals surface area (Å²) in [5, 5.41) is 9.26. The van der Waals surface area contributed by atoms with E-state index in [4.69, 9.17) is 0 Å². The average molecular weight is 336 g/mol. The van der Waals surface area contributed by atoms with Crippen LogP contribution in [0.25, 0.3) is 0 Å². The average Bonchev–Trinajstić information content (AvgIpc) is 2.59. The number of pyridine rings is 1. The fourth-order valence-corrected chi connectivity index (χ4v) is 3.00. The Morgan fingerprint density at radius 2 is 1.92 bits per heavy atom. The number of aliphatic hydroxyl groups excluding tert-OH is 1. The third-order valence-corrected chi connectivity index (χ3v) is 4.36. The van der Waals surface area contributed by atoms with Crippen molar-refractivity contribution < 1.29 is 18.3 Å². The molecule has 128 valence electrons. The molecule has 0 unspecified atom stereocenters. The number of aryl methyl sites for hydroxylation is 1. The van der Waals surface area contributed by atoms with E-state index in [1.807, 2.05) is 4.90 Å². The number of anilines is 1. The van der Waals surface area contributed by atoms with Crippen LogP contribution in [0.5, 0.6) is 0 Å². The van der Waals surface area contributed by atoms with Crippen molar-refractivity contribution in [1.29, 1.82) is 0 Å². The minimum absolute atomic E-state index is 0.223. The molecule has 3 nitrogen and oxygen atoms in total. The summed E-state index contributed by atoms with van der Waals surface area (Å²) in [7, 11) is 0. The van der Waals surface area contributed by atoms with Crippen molar-refractivity contribution in [3.63, 3.8) is 0 Å². The van der Waals surface area contributed by atoms with Gasteiger partial charge in [-0.05, 0) is 47.2 Å². The molecule has 2 aromatic rings. The summed E-state index contributed by atoms with van der Waals surface area (Å²) in [5.41, 5.74) is 2.84. The van der Waals surface area contributed by atoms with Crippen molar-refractivity contribution in [2.45, 2.75) is 39.1 Å². The van der Waals surface area contributed by atoms with Gasteiger partial charge in [-0.1, -0.05) is 25.1 Å². The molecule has 0 amide bonds. The fourth-order valence-electron chi connectivity index (χ4n) is 3.00. The normalized spacial score (nSPS) is 14.6. The number of alkyl halides is 3. The Balaban J connectivity index is 1.94. The summed E-state index contributed by atoms with van der Waals surface area (Å²) >= 11 is 0. The molecule has 0 saturated heterocycles. The van der Waals surface area contributed by atoms with Gasteiger partial charge >= 0.3 is 6.18 Å². The minimum Gasteiger partial charge on any atom is -0.392 e. The van der Waals surface area contributed by atoms with Gasteiger partial charge in [0.2, 0.25) is 0 Å². The zero-order valence-electron chi connectivity index (χ0n) is 13.4. The summed E-state index contributed by atoms with van der Waals surface area (Å²) < 4.78 is 39.1. The van der Waals surface area contributed by atoms with Crippen molar-refractivity contribution in [1.82, 2.24) is 4.98 Å². The van der Waals surface area contributed by atoms with Gasteiger partial charge in [-0.3, -0.25) is 0 Å². The maximum absolute atomic E-state index is 13.0. The Labute approximate surface area is 138 Å². The maximum atomic E-state index is 13.0. The summed E-state index contributed by atoms with van der Waals surface area (Å²) in [6, 6.07) is 8.74. The van der Waals surface area contributed by atoms with Gasteiger partial charge in [0.15, 0.2) is 0 Å². The zero-order chi connectivity index (χ0) is 17.3. The van der Waals surface area contributed by atoms with Gasteiger partial charge in [-0.2, -0.15) is 13.2 Å². The van der Waals surface area contributed by atoms with Gasteiger partial charge in [-0.25, -0.2) is 4.98 Å². The van der Waals surface area contributed by atoms with E-state index >= 15 is 0 Å². The molecule has 2 heterocycles. The lowest BCUT2D eigenvalue weighted by Gasteiger charge is -2.31. The quantitative estimate of drug-likeness (QED) is 0.928. The van der Waals surface area contributed by atoms with E-state index in [2.05, 4.69) is 30.1 Å². The Hall–Kier alpha value is -2.08. The van der Waals surface area contributed by atoms with Crippen molar-refractivity contribution >= 4 is 5.82 Å². The number of benzene rings is 1. The fraction of sp³-hybridized carbons (Fsp3) is 0.389. The molecule has 0 radical (unpaired) electrons. The molecule has 6 heteroatoms. The van der Waals surface area contributed by atoms with Crippen molar-refractivity contribution in [3.8, 4) is 0 Å². The smallest absolute Gasteiger partial charge is 0.392 e. The van der Waals surface area contributed by atoms with Crippen LogP contribution in [-0.2, 0) is 32.2 Å². The maximum Gasteiger partial charge on any atom is 0.433 e. The van der Waals surface area contributed by atoms with Crippen LogP contribution in [0, 0.1) is 0 Å². The number of rotatable bonds is 3. The monoisotopic (exact) mass is 336 g/mol. The molecule has 1 aliphatic rings. The molecular weight excluding hydrogens is 317 g/mol. The molecule has 1 aromatic heterocycles. The second-order valence-corrected chi connectivity index (χ2v) is 6.00. The minimum atomic E-state index is -4.52. The second-order valence-electron chi connectivity index (χ2n) is 6.00. The number of halogens is 3. The van der Waals surface area contributed by atoms with Crippen LogP contribution >= 0.6 is 0 Å². The molecule has 0 spiro atoms. The van der Waals surface area contributed by atoms with Crippen LogP contribution in [0.1, 0.15) is 34.9 Å². The molecule has 24 heavy (non-hydrogen) atoms. The molecule has 1 N–H and O–H groups in total. The van der Waals surface area contributed by atoms with Crippen LogP contribution in [0.15, 0.2) is 30.3 Å². The second kappa shape index (κ2) is 6.43. The predicted molar refractivity (Wildman–Crippen MR) is 85.7 cm³/mol. The highest BCUT2D eigenvalue weighted by atomic mass is 19.4. The van der Waals surface area contributed by atoms with E-state index in [0.29, 0.717) is 13.1 Å². The highest BCUT2D eigenvalue weighted by Crippen LogP contribution is 2.32. The first-order valence-electron chi connectivity index (χ1n) is 7.95. The molecule has 1 aliphatic heterocycles. The standard InChI is InChI=1S/C18H19F3N2O/c1-2-12-3-4-14-5-6-23(10-15(14)7-12)17-9-13(11-24)8-16(22-17)18(19,20)21/h3-4,7-9,24H,2,5-6,10-11H2,1H3. The van der Waals surface area contributed by atoms with Gasteiger partial charge < -0.3 is 10.0 Å². The van der Waals surface area contributed by atoms with Crippen molar-refractivity contribution in [2.75, 3.05) is 11.4 Å². The molecular formula is C18H19F3N2O. The van der Waals surface area contributed by atoms with Gasteiger partial charge in [0, 0.05) is 13.1 Å². The topological polar surface area (TPSA) is 36.4 Å². The Bertz CT molecular complexity index is 744. The highest BCUT2D eigenvalue weighted by Gasteiger charge is 2.34. The van der Waals surface area contributed by atoms with E-state index in [1.165, 1.54) is 17.2 Å². The van der Waals surface area contributed by atoms with Gasteiger partial charge in [0.25, 0.3) is 0 Å². The molecule has 1 aromatic carbocycles. The number of nitrogens with zero attached hydrogens (tertiary/aromatic N) is 2. The number of aliphatic hydroxyl groups is 1. The molecule has 0 atom stereocenters. The van der Waals surface area contributed by atoms with Crippen LogP contribution in [-0.4, -0.2) is 16.6 Å². The van der Waals surface area contributed by atoms with Gasteiger partial charge in [0.05, 0.1) is 6.61 Å². The lowest BCUT2D eigenvalue weighted by molar-refractivity contribution is -0.141. The zero-order valence-corrected chi connectivity index (χ0v) is 13.4. The van der Waals surface area contributed by atoms with E-state index in [0.717, 1.165) is 24.5 Å². The van der Waals surface area contributed by atoms with Gasteiger partial charge in [-0.15, -0.1) is 0 Å². The first-order valence-corrected chi connectivity index (χ1v) is 7.95. The van der Waals surface area contributed by atoms with Crippen molar-refractivity contribution in [3.05, 3.63) is 58.3 Å². The molecule has 0 fully saturated rings. The Kier molecular flexibility index (Phi) is 4.49. The van der Waals surface area contributed by atoms with E-state index < -0.39 is 18.5 Å². The van der Waals surface area contributed by atoms with Crippen LogP contribution in [0.3, 0.4) is 0 Å². The van der Waals surface area contributed by atoms with Gasteiger partial charge in [0.1, 0.15) is 11.5 Å². The first-order chi connectivity index (χ1) is 11.4. The SMILES string of the molecule is CCc1ccc2c(c1)CN(c1cc(CO)cc(C(F)(F)F)n1)CC2. The lowest BCUT2D eigenvalue weighted by Crippen LogP contribution is -2.31. The summed E-state index contributed by atoms with van der Waals surface area (Å²) in [6.45, 7) is 2.77. The van der Waals surface area contributed by atoms with E-state index in [9.17, 15) is 18.3 Å². The van der Waals surface area contributed by atoms with E-state index in [-0.39, 0.29) is 11.4 Å². The lowest BCUT2D eigenvalue weighted by atomic mass is 9.96. The molecule has 0 saturated carbocycles. The third kappa shape index (κ3) is 3.38. The number of hydrogen-bond donors (Lipinski definition) is 1. The number of fused-ring (bicyclic) bond motifs is 1. The van der Waals surface area contributed by atoms with E-state index in [1.54, 1.807) is 0 Å². The number of hydrogen-bond acceptors (Lipinski definition) is 3. The summed E-state index contributed by atoms with van der Waals surface area (Å²) in [4.78, 5) is 5.63. The number of aromatic nitrogens is 1. The van der Waals surface area contributed by atoms with Crippen LogP contribution < -0.4 is 4.90 Å². The third-order valence-electron chi connectivity index (χ3n) is 4.36. The molecule has 0 aliphatic carbocycles. The highest BCUT2D eigenvalue weighted by molar-refractivity contribution is 5.47. The van der Waals surface area contributed by atoms with Crippen LogP contribution in [0.4, 0.5) is 19.0 Å². The Morgan fingerprint density at radius 3 is 2.58 bits per heavy atom. The Morgan fingerprint density at radius 1 is 1.12 bits per heavy atom. The molecule has 3 rings (SSSR count). The summed E-state index contributed by atoms with van der Waals surface area (Å²) in [6.07, 6.45) is -2.83. The predicted octanol–water partition coefficient (Wildman–Crippen LogP) is 3.72. The van der Waals surface area contributed by atoms with Crippen LogP contribution in [0.2, 0.25) is 0 Å². The first kappa shape index (κ1) is 16.8.